The van der Waals surface area contributed by atoms with Crippen molar-refractivity contribution in [3.63, 3.8) is 0 Å². The molecule has 0 radical (unpaired) electrons. The molecule has 16 aromatic rings. The molecule has 0 atom stereocenters. The van der Waals surface area contributed by atoms with Crippen LogP contribution < -0.4 is 0 Å². The first-order valence-corrected chi connectivity index (χ1v) is 35.9. The summed E-state index contributed by atoms with van der Waals surface area (Å²) < 4.78 is 33.4. The third-order valence-corrected chi connectivity index (χ3v) is 20.0. The summed E-state index contributed by atoms with van der Waals surface area (Å²) in [4.78, 5) is 0. The van der Waals surface area contributed by atoms with Gasteiger partial charge in [0.15, 0.2) is 0 Å². The Hall–Kier alpha value is -5.32. The molecule has 0 amide bonds. The van der Waals surface area contributed by atoms with Crippen LogP contribution in [0.3, 0.4) is 0 Å². The average molecular weight is 1860 g/mol. The predicted molar refractivity (Wildman–Crippen MR) is 421 cm³/mol. The summed E-state index contributed by atoms with van der Waals surface area (Å²) in [6, 6.07) is 83.6. The number of furan rings is 4. The SMILES string of the molecule is Brc1ccc(-c2ccc(I)c3oc4ccccc4c23)cc1.Brc1ccc(-c2ccc(I)c3oc4ccccc4c23)cc1.Brc1ccc(-c2ccc(I)cc2)c2oc3ccccc3c12.Brc1ccc(-c2ccc(I)cc2)c2oc3ccccc3c12.CC.CC. The minimum absolute atomic E-state index is 0.922. The van der Waals surface area contributed by atoms with Gasteiger partial charge in [0.05, 0.1) is 7.14 Å². The molecule has 0 aliphatic carbocycles. The lowest BCUT2D eigenvalue weighted by Crippen LogP contribution is -1.81. The van der Waals surface area contributed by atoms with Crippen molar-refractivity contribution in [1.29, 1.82) is 0 Å². The molecule has 12 heteroatoms. The summed E-state index contributed by atoms with van der Waals surface area (Å²) in [6.07, 6.45) is 0. The molecule has 0 N–H and O–H groups in total. The Morgan fingerprint density at radius 1 is 0.250 bits per heavy atom. The maximum atomic E-state index is 6.12. The molecule has 0 spiro atoms. The quantitative estimate of drug-likeness (QED) is 0.165. The highest BCUT2D eigenvalue weighted by molar-refractivity contribution is 14.1. The van der Waals surface area contributed by atoms with E-state index in [1.165, 1.54) is 62.1 Å². The standard InChI is InChI=1S/4C18H10BrIO.2C2H6/c2*19-15-10-9-13(11-5-7-12(20)8-6-11)18-17(15)14-3-1-2-4-16(14)21-18;2*19-12-7-5-11(6-8-12)13-9-10-15(20)18-17(13)14-3-1-2-4-16(14)21-18;2*1-2/h4*1-10H;2*1-2H3. The molecular weight excluding hydrogens is 1800 g/mol. The Kier molecular flexibility index (Phi) is 21.4. The Labute approximate surface area is 598 Å². The van der Waals surface area contributed by atoms with E-state index in [9.17, 15) is 0 Å². The monoisotopic (exact) mass is 1850 g/mol. The molecule has 16 rings (SSSR count). The van der Waals surface area contributed by atoms with Gasteiger partial charge in [-0.15, -0.1) is 0 Å². The van der Waals surface area contributed by atoms with Gasteiger partial charge in [0, 0.05) is 79.2 Å². The highest BCUT2D eigenvalue weighted by atomic mass is 127. The first kappa shape index (κ1) is 64.2. The lowest BCUT2D eigenvalue weighted by atomic mass is 10.00. The number of hydrogen-bond acceptors (Lipinski definition) is 4. The Morgan fingerprint density at radius 2 is 0.511 bits per heavy atom. The van der Waals surface area contributed by atoms with Gasteiger partial charge in [0.2, 0.25) is 0 Å². The molecule has 0 unspecified atom stereocenters. The van der Waals surface area contributed by atoms with Crippen LogP contribution in [0.2, 0.25) is 0 Å². The minimum Gasteiger partial charge on any atom is -0.455 e. The van der Waals surface area contributed by atoms with Gasteiger partial charge in [-0.2, -0.15) is 0 Å². The van der Waals surface area contributed by atoms with Crippen LogP contribution in [0, 0.1) is 14.3 Å². The van der Waals surface area contributed by atoms with Gasteiger partial charge < -0.3 is 17.7 Å². The van der Waals surface area contributed by atoms with E-state index in [4.69, 9.17) is 17.7 Å². The van der Waals surface area contributed by atoms with Crippen LogP contribution in [-0.2, 0) is 0 Å². The molecule has 0 aliphatic rings. The molecule has 0 saturated heterocycles. The fraction of sp³-hybridized carbons (Fsp3) is 0.0526. The molecule has 436 valence electrons. The molecule has 0 aliphatic heterocycles. The van der Waals surface area contributed by atoms with Crippen LogP contribution in [-0.4, -0.2) is 0 Å². The molecule has 4 nitrogen and oxygen atoms in total. The summed E-state index contributed by atoms with van der Waals surface area (Å²) in [7, 11) is 0. The second-order valence-corrected chi connectivity index (χ2v) is 28.0. The van der Waals surface area contributed by atoms with Gasteiger partial charge in [-0.25, -0.2) is 0 Å². The van der Waals surface area contributed by atoms with Crippen molar-refractivity contribution >= 4 is 242 Å². The molecule has 0 fully saturated rings. The number of rotatable bonds is 4. The van der Waals surface area contributed by atoms with Crippen LogP contribution in [0.5, 0.6) is 0 Å². The second-order valence-electron chi connectivity index (χ2n) is 19.6. The number of para-hydroxylation sites is 4. The van der Waals surface area contributed by atoms with E-state index in [1.807, 2.05) is 88.4 Å². The van der Waals surface area contributed by atoms with Crippen molar-refractivity contribution in [2.45, 2.75) is 27.7 Å². The van der Waals surface area contributed by atoms with Crippen LogP contribution in [0.1, 0.15) is 27.7 Å². The van der Waals surface area contributed by atoms with E-state index in [0.29, 0.717) is 0 Å². The zero-order valence-electron chi connectivity index (χ0n) is 47.8. The third-order valence-electron chi connectivity index (χ3n) is 14.5. The number of fused-ring (bicyclic) bond motifs is 12. The van der Waals surface area contributed by atoms with E-state index in [1.54, 1.807) is 0 Å². The molecular formula is C76H52Br4I4O4. The highest BCUT2D eigenvalue weighted by Crippen LogP contribution is 2.44. The van der Waals surface area contributed by atoms with Gasteiger partial charge in [-0.3, -0.25) is 0 Å². The van der Waals surface area contributed by atoms with Crippen molar-refractivity contribution in [3.05, 3.63) is 275 Å². The van der Waals surface area contributed by atoms with Crippen LogP contribution in [0.15, 0.2) is 278 Å². The fourth-order valence-corrected chi connectivity index (χ4v) is 14.0. The van der Waals surface area contributed by atoms with Crippen molar-refractivity contribution < 1.29 is 17.7 Å². The van der Waals surface area contributed by atoms with Gasteiger partial charge in [0.1, 0.15) is 44.7 Å². The maximum absolute atomic E-state index is 6.12. The Bertz CT molecular complexity index is 4770. The maximum Gasteiger partial charge on any atom is 0.149 e. The predicted octanol–water partition coefficient (Wildman–Crippen LogP) is 28.5. The molecule has 0 saturated carbocycles. The second kappa shape index (κ2) is 29.3. The number of benzene rings is 12. The zero-order chi connectivity index (χ0) is 61.6. The van der Waals surface area contributed by atoms with Crippen LogP contribution in [0.4, 0.5) is 0 Å². The molecule has 88 heavy (non-hydrogen) atoms. The third kappa shape index (κ3) is 13.5. The number of halogens is 8. The fourth-order valence-electron chi connectivity index (χ4n) is 10.6. The summed E-state index contributed by atoms with van der Waals surface area (Å²) in [5, 5.41) is 9.30. The first-order chi connectivity index (χ1) is 42.9. The summed E-state index contributed by atoms with van der Waals surface area (Å²) >= 11 is 23.6. The minimum atomic E-state index is 0.922. The molecule has 12 aromatic carbocycles. The van der Waals surface area contributed by atoms with Crippen LogP contribution >= 0.6 is 154 Å². The van der Waals surface area contributed by atoms with Crippen molar-refractivity contribution in [2.24, 2.45) is 0 Å². The smallest absolute Gasteiger partial charge is 0.149 e. The van der Waals surface area contributed by atoms with Crippen molar-refractivity contribution in [2.75, 3.05) is 0 Å². The lowest BCUT2D eigenvalue weighted by Gasteiger charge is -2.05. The van der Waals surface area contributed by atoms with Gasteiger partial charge >= 0.3 is 0 Å². The summed E-state index contributed by atoms with van der Waals surface area (Å²) in [5.74, 6) is 0. The topological polar surface area (TPSA) is 52.6 Å². The summed E-state index contributed by atoms with van der Waals surface area (Å²) in [5.41, 5.74) is 17.0. The Morgan fingerprint density at radius 3 is 0.841 bits per heavy atom. The number of hydrogen-bond donors (Lipinski definition) is 0. The Balaban J connectivity index is 0.000000119. The van der Waals surface area contributed by atoms with E-state index in [2.05, 4.69) is 336 Å². The highest BCUT2D eigenvalue weighted by Gasteiger charge is 2.19. The van der Waals surface area contributed by atoms with E-state index < -0.39 is 0 Å². The van der Waals surface area contributed by atoms with E-state index >= 15 is 0 Å². The summed E-state index contributed by atoms with van der Waals surface area (Å²) in [6.45, 7) is 8.00. The molecule has 4 heterocycles. The average Bonchev–Trinajstić information content (AvgIpc) is 2.37. The van der Waals surface area contributed by atoms with Gasteiger partial charge in [0.25, 0.3) is 0 Å². The van der Waals surface area contributed by atoms with Crippen molar-refractivity contribution in [1.82, 2.24) is 0 Å². The lowest BCUT2D eigenvalue weighted by molar-refractivity contribution is 0.666. The van der Waals surface area contributed by atoms with Gasteiger partial charge in [-0.05, 0) is 233 Å². The molecule has 0 bridgehead atoms. The van der Waals surface area contributed by atoms with Gasteiger partial charge in [-0.1, -0.05) is 225 Å². The van der Waals surface area contributed by atoms with Crippen LogP contribution in [0.25, 0.3) is 132 Å². The first-order valence-electron chi connectivity index (χ1n) is 28.4. The van der Waals surface area contributed by atoms with E-state index in [0.717, 1.165) is 102 Å². The molecule has 4 aromatic heterocycles. The normalized spacial score (nSPS) is 11.0. The van der Waals surface area contributed by atoms with E-state index in [-0.39, 0.29) is 0 Å². The zero-order valence-corrected chi connectivity index (χ0v) is 62.7. The largest absolute Gasteiger partial charge is 0.455 e. The van der Waals surface area contributed by atoms with Crippen molar-refractivity contribution in [3.8, 4) is 44.5 Å².